The van der Waals surface area contributed by atoms with Crippen LogP contribution in [0.3, 0.4) is 0 Å². The maximum absolute atomic E-state index is 12.1. The standard InChI is InChI=1S/C17H25NO3/c1-14-5-3-11-18(13-14)17(19)6-4-12-21-16-9-7-15(20-2)8-10-16/h7-10,14H,3-6,11-13H2,1-2H3. The number of rotatable bonds is 6. The first-order valence-corrected chi connectivity index (χ1v) is 7.73. The van der Waals surface area contributed by atoms with Crippen LogP contribution in [0.2, 0.25) is 0 Å². The maximum atomic E-state index is 12.1. The highest BCUT2D eigenvalue weighted by molar-refractivity contribution is 5.76. The van der Waals surface area contributed by atoms with Crippen LogP contribution in [0.15, 0.2) is 24.3 Å². The fourth-order valence-electron chi connectivity index (χ4n) is 2.66. The summed E-state index contributed by atoms with van der Waals surface area (Å²) in [5.74, 6) is 2.53. The van der Waals surface area contributed by atoms with Gasteiger partial charge in [0.2, 0.25) is 5.91 Å². The Morgan fingerprint density at radius 2 is 2.00 bits per heavy atom. The van der Waals surface area contributed by atoms with Crippen LogP contribution >= 0.6 is 0 Å². The van der Waals surface area contributed by atoms with E-state index in [9.17, 15) is 4.79 Å². The van der Waals surface area contributed by atoms with E-state index < -0.39 is 0 Å². The number of ether oxygens (including phenoxy) is 2. The first-order chi connectivity index (χ1) is 10.2. The molecule has 0 spiro atoms. The summed E-state index contributed by atoms with van der Waals surface area (Å²) in [7, 11) is 1.64. The zero-order chi connectivity index (χ0) is 15.1. The number of benzene rings is 1. The first kappa shape index (κ1) is 15.7. The topological polar surface area (TPSA) is 38.8 Å². The van der Waals surface area contributed by atoms with E-state index in [1.54, 1.807) is 7.11 Å². The van der Waals surface area contributed by atoms with E-state index in [1.807, 2.05) is 29.2 Å². The van der Waals surface area contributed by atoms with E-state index in [1.165, 1.54) is 6.42 Å². The summed E-state index contributed by atoms with van der Waals surface area (Å²) in [4.78, 5) is 14.1. The monoisotopic (exact) mass is 291 g/mol. The van der Waals surface area contributed by atoms with Crippen molar-refractivity contribution >= 4 is 5.91 Å². The summed E-state index contributed by atoms with van der Waals surface area (Å²) in [6, 6.07) is 7.51. The van der Waals surface area contributed by atoms with Crippen molar-refractivity contribution in [2.75, 3.05) is 26.8 Å². The fraction of sp³-hybridized carbons (Fsp3) is 0.588. The molecule has 1 aliphatic rings. The highest BCUT2D eigenvalue weighted by atomic mass is 16.5. The average Bonchev–Trinajstić information content (AvgIpc) is 2.52. The lowest BCUT2D eigenvalue weighted by atomic mass is 10.00. The van der Waals surface area contributed by atoms with Gasteiger partial charge in [-0.05, 0) is 49.4 Å². The van der Waals surface area contributed by atoms with Gasteiger partial charge in [-0.3, -0.25) is 4.79 Å². The number of hydrogen-bond acceptors (Lipinski definition) is 3. The van der Waals surface area contributed by atoms with Crippen molar-refractivity contribution in [1.29, 1.82) is 0 Å². The molecule has 0 aromatic heterocycles. The second-order valence-corrected chi connectivity index (χ2v) is 5.71. The molecule has 21 heavy (non-hydrogen) atoms. The summed E-state index contributed by atoms with van der Waals surface area (Å²) >= 11 is 0. The summed E-state index contributed by atoms with van der Waals surface area (Å²) in [6.45, 7) is 4.62. The Balaban J connectivity index is 1.65. The second kappa shape index (κ2) is 7.91. The molecule has 1 amide bonds. The van der Waals surface area contributed by atoms with E-state index in [0.29, 0.717) is 18.9 Å². The zero-order valence-electron chi connectivity index (χ0n) is 13.0. The minimum absolute atomic E-state index is 0.264. The number of methoxy groups -OCH3 is 1. The molecule has 1 fully saturated rings. The molecule has 1 aliphatic heterocycles. The van der Waals surface area contributed by atoms with Crippen molar-refractivity contribution in [3.05, 3.63) is 24.3 Å². The summed E-state index contributed by atoms with van der Waals surface area (Å²) < 4.78 is 10.7. The summed E-state index contributed by atoms with van der Waals surface area (Å²) in [5.41, 5.74) is 0. The number of carbonyl (C=O) groups excluding carboxylic acids is 1. The van der Waals surface area contributed by atoms with Crippen LogP contribution in [0.25, 0.3) is 0 Å². The third-order valence-electron chi connectivity index (χ3n) is 3.87. The fourth-order valence-corrected chi connectivity index (χ4v) is 2.66. The predicted octanol–water partition coefficient (Wildman–Crippen LogP) is 3.11. The highest BCUT2D eigenvalue weighted by Gasteiger charge is 2.20. The van der Waals surface area contributed by atoms with Gasteiger partial charge in [-0.15, -0.1) is 0 Å². The van der Waals surface area contributed by atoms with Crippen LogP contribution in [-0.4, -0.2) is 37.6 Å². The molecular formula is C17H25NO3. The quantitative estimate of drug-likeness (QED) is 0.756. The number of amides is 1. The number of piperidine rings is 1. The first-order valence-electron chi connectivity index (χ1n) is 7.73. The third kappa shape index (κ3) is 4.96. The lowest BCUT2D eigenvalue weighted by Crippen LogP contribution is -2.39. The van der Waals surface area contributed by atoms with Gasteiger partial charge >= 0.3 is 0 Å². The molecule has 0 radical (unpaired) electrons. The highest BCUT2D eigenvalue weighted by Crippen LogP contribution is 2.18. The Hall–Kier alpha value is -1.71. The second-order valence-electron chi connectivity index (χ2n) is 5.71. The smallest absolute Gasteiger partial charge is 0.222 e. The van der Waals surface area contributed by atoms with Crippen molar-refractivity contribution in [1.82, 2.24) is 4.90 Å². The van der Waals surface area contributed by atoms with Gasteiger partial charge in [0, 0.05) is 19.5 Å². The largest absolute Gasteiger partial charge is 0.497 e. The van der Waals surface area contributed by atoms with Crippen molar-refractivity contribution in [2.24, 2.45) is 5.92 Å². The van der Waals surface area contributed by atoms with E-state index in [-0.39, 0.29) is 5.91 Å². The Labute approximate surface area is 127 Å². The van der Waals surface area contributed by atoms with Crippen LogP contribution in [0, 0.1) is 5.92 Å². The van der Waals surface area contributed by atoms with Gasteiger partial charge in [0.25, 0.3) is 0 Å². The molecule has 0 bridgehead atoms. The Bertz CT molecular complexity index is 444. The van der Waals surface area contributed by atoms with Gasteiger partial charge in [0.1, 0.15) is 11.5 Å². The molecule has 1 saturated heterocycles. The molecule has 0 N–H and O–H groups in total. The third-order valence-corrected chi connectivity index (χ3v) is 3.87. The molecule has 0 aliphatic carbocycles. The minimum Gasteiger partial charge on any atom is -0.497 e. The van der Waals surface area contributed by atoms with Gasteiger partial charge in [-0.1, -0.05) is 6.92 Å². The normalized spacial score (nSPS) is 18.4. The van der Waals surface area contributed by atoms with Gasteiger partial charge < -0.3 is 14.4 Å². The van der Waals surface area contributed by atoms with Crippen LogP contribution in [0.1, 0.15) is 32.6 Å². The van der Waals surface area contributed by atoms with E-state index in [2.05, 4.69) is 6.92 Å². The van der Waals surface area contributed by atoms with Crippen molar-refractivity contribution < 1.29 is 14.3 Å². The lowest BCUT2D eigenvalue weighted by Gasteiger charge is -2.31. The van der Waals surface area contributed by atoms with E-state index >= 15 is 0 Å². The van der Waals surface area contributed by atoms with Crippen LogP contribution in [0.5, 0.6) is 11.5 Å². The van der Waals surface area contributed by atoms with Gasteiger partial charge in [0.15, 0.2) is 0 Å². The zero-order valence-corrected chi connectivity index (χ0v) is 13.0. The molecule has 1 aromatic rings. The Morgan fingerprint density at radius 1 is 1.29 bits per heavy atom. The van der Waals surface area contributed by atoms with Crippen molar-refractivity contribution in [2.45, 2.75) is 32.6 Å². The van der Waals surface area contributed by atoms with Crippen molar-refractivity contribution in [3.63, 3.8) is 0 Å². The van der Waals surface area contributed by atoms with Crippen LogP contribution < -0.4 is 9.47 Å². The van der Waals surface area contributed by atoms with Crippen molar-refractivity contribution in [3.8, 4) is 11.5 Å². The molecule has 1 heterocycles. The summed E-state index contributed by atoms with van der Waals surface area (Å²) in [6.07, 6.45) is 3.71. The number of likely N-dealkylation sites (tertiary alicyclic amines) is 1. The Kier molecular flexibility index (Phi) is 5.90. The van der Waals surface area contributed by atoms with E-state index in [4.69, 9.17) is 9.47 Å². The SMILES string of the molecule is COc1ccc(OCCCC(=O)N2CCCC(C)C2)cc1. The van der Waals surface area contributed by atoms with Gasteiger partial charge in [-0.25, -0.2) is 0 Å². The van der Waals surface area contributed by atoms with Gasteiger partial charge in [-0.2, -0.15) is 0 Å². The summed E-state index contributed by atoms with van der Waals surface area (Å²) in [5, 5.41) is 0. The molecule has 1 aromatic carbocycles. The molecule has 4 nitrogen and oxygen atoms in total. The molecule has 2 rings (SSSR count). The number of carbonyl (C=O) groups is 1. The minimum atomic E-state index is 0.264. The van der Waals surface area contributed by atoms with Gasteiger partial charge in [0.05, 0.1) is 13.7 Å². The molecule has 1 atom stereocenters. The predicted molar refractivity (Wildman–Crippen MR) is 82.7 cm³/mol. The average molecular weight is 291 g/mol. The molecule has 1 unspecified atom stereocenters. The number of nitrogens with zero attached hydrogens (tertiary/aromatic N) is 1. The molecule has 116 valence electrons. The maximum Gasteiger partial charge on any atom is 0.222 e. The Morgan fingerprint density at radius 3 is 2.67 bits per heavy atom. The van der Waals surface area contributed by atoms with E-state index in [0.717, 1.165) is 37.4 Å². The van der Waals surface area contributed by atoms with Crippen LogP contribution in [-0.2, 0) is 4.79 Å². The lowest BCUT2D eigenvalue weighted by molar-refractivity contribution is -0.133. The number of hydrogen-bond donors (Lipinski definition) is 0. The molecule has 0 saturated carbocycles. The van der Waals surface area contributed by atoms with Crippen LogP contribution in [0.4, 0.5) is 0 Å². The molecular weight excluding hydrogens is 266 g/mol. The molecule has 4 heteroatoms.